The molecule has 2 rings (SSSR count). The van der Waals surface area contributed by atoms with Crippen LogP contribution in [0.15, 0.2) is 36.4 Å². The molecule has 0 aliphatic carbocycles. The molecule has 1 heterocycles. The molecule has 7 nitrogen and oxygen atoms in total. The van der Waals surface area contributed by atoms with Crippen LogP contribution in [0.25, 0.3) is 0 Å². The van der Waals surface area contributed by atoms with Gasteiger partial charge in [0.25, 0.3) is 0 Å². The van der Waals surface area contributed by atoms with Crippen LogP contribution in [0.4, 0.5) is 17.1 Å². The van der Waals surface area contributed by atoms with E-state index in [4.69, 9.17) is 10.5 Å². The summed E-state index contributed by atoms with van der Waals surface area (Å²) in [6.07, 6.45) is 5.49. The zero-order valence-corrected chi connectivity index (χ0v) is 20.7. The number of ether oxygens (including phenoxy) is 1. The Morgan fingerprint density at radius 1 is 1.26 bits per heavy atom. The molecule has 1 fully saturated rings. The molecule has 7 heteroatoms. The van der Waals surface area contributed by atoms with Crippen LogP contribution in [0.3, 0.4) is 0 Å². The third-order valence-corrected chi connectivity index (χ3v) is 4.90. The van der Waals surface area contributed by atoms with Gasteiger partial charge in [-0.2, -0.15) is 0 Å². The quantitative estimate of drug-likeness (QED) is 0.411. The third-order valence-electron chi connectivity index (χ3n) is 4.90. The normalized spacial score (nSPS) is 12.9. The first-order valence-electron chi connectivity index (χ1n) is 10.6. The van der Waals surface area contributed by atoms with Gasteiger partial charge < -0.3 is 31.1 Å². The van der Waals surface area contributed by atoms with Gasteiger partial charge in [0.2, 0.25) is 5.91 Å². The van der Waals surface area contributed by atoms with Crippen molar-refractivity contribution >= 4 is 23.0 Å². The van der Waals surface area contributed by atoms with Gasteiger partial charge >= 0.3 is 0 Å². The number of methoxy groups -OCH3 is 1. The second-order valence-corrected chi connectivity index (χ2v) is 7.35. The minimum absolute atomic E-state index is 0. The van der Waals surface area contributed by atoms with Crippen LogP contribution in [0.5, 0.6) is 5.75 Å². The molecule has 0 unspecified atom stereocenters. The van der Waals surface area contributed by atoms with Gasteiger partial charge in [0.15, 0.2) is 0 Å². The van der Waals surface area contributed by atoms with Crippen molar-refractivity contribution in [3.63, 3.8) is 0 Å². The van der Waals surface area contributed by atoms with Crippen LogP contribution in [-0.4, -0.2) is 56.6 Å². The van der Waals surface area contributed by atoms with Gasteiger partial charge in [0.1, 0.15) is 5.75 Å². The molecule has 0 aromatic heterocycles. The van der Waals surface area contributed by atoms with Crippen LogP contribution in [0, 0.1) is 0 Å². The average molecular weight is 437 g/mol. The fraction of sp³-hybridized carbons (Fsp3) is 0.542. The summed E-state index contributed by atoms with van der Waals surface area (Å²) >= 11 is 0. The van der Waals surface area contributed by atoms with E-state index in [-0.39, 0.29) is 11.4 Å². The molecule has 31 heavy (non-hydrogen) atoms. The van der Waals surface area contributed by atoms with E-state index in [0.29, 0.717) is 23.2 Å². The number of carbonyl (C=O) groups excluding carboxylic acids is 1. The highest BCUT2D eigenvalue weighted by atomic mass is 16.5. The average Bonchev–Trinajstić information content (AvgIpc) is 2.75. The summed E-state index contributed by atoms with van der Waals surface area (Å²) in [6.45, 7) is 15.5. The van der Waals surface area contributed by atoms with Crippen molar-refractivity contribution in [2.45, 2.75) is 53.5 Å². The van der Waals surface area contributed by atoms with Crippen molar-refractivity contribution in [1.29, 1.82) is 0 Å². The summed E-state index contributed by atoms with van der Waals surface area (Å²) in [5.74, 6) is 0.366. The number of nitrogens with two attached hydrogens (primary N) is 1. The fourth-order valence-electron chi connectivity index (χ4n) is 2.93. The maximum absolute atomic E-state index is 11.7. The maximum Gasteiger partial charge on any atom is 0.247 e. The molecule has 1 saturated heterocycles. The molecular formula is C24H44N4O3. The van der Waals surface area contributed by atoms with Gasteiger partial charge in [-0.05, 0) is 59.9 Å². The van der Waals surface area contributed by atoms with Crippen LogP contribution in [0.2, 0.25) is 0 Å². The number of hydrogen-bond donors (Lipinski definition) is 2. The Morgan fingerprint density at radius 3 is 2.16 bits per heavy atom. The van der Waals surface area contributed by atoms with E-state index in [0.717, 1.165) is 31.6 Å². The number of anilines is 3. The van der Waals surface area contributed by atoms with Gasteiger partial charge in [-0.15, -0.1) is 0 Å². The number of nitrogens with zero attached hydrogens (tertiary/aromatic N) is 2. The van der Waals surface area contributed by atoms with Crippen LogP contribution < -0.4 is 20.7 Å². The van der Waals surface area contributed by atoms with Gasteiger partial charge in [-0.25, -0.2) is 0 Å². The lowest BCUT2D eigenvalue weighted by Crippen LogP contribution is -2.42. The predicted octanol–water partition coefficient (Wildman–Crippen LogP) is 4.11. The predicted molar refractivity (Wildman–Crippen MR) is 135 cm³/mol. The Bertz CT molecular complexity index is 690. The Kier molecular flexibility index (Phi) is 16.0. The minimum atomic E-state index is -0.251. The van der Waals surface area contributed by atoms with E-state index in [9.17, 15) is 4.79 Å². The Balaban J connectivity index is 0. The second kappa shape index (κ2) is 16.2. The molecule has 1 amide bonds. The molecule has 0 bridgehead atoms. The number of carbonyl (C=O) groups is 1. The Labute approximate surface area is 189 Å². The number of benzene rings is 1. The lowest BCUT2D eigenvalue weighted by Gasteiger charge is -2.37. The van der Waals surface area contributed by atoms with Gasteiger partial charge in [-0.3, -0.25) is 4.79 Å². The van der Waals surface area contributed by atoms with E-state index in [2.05, 4.69) is 55.7 Å². The first-order chi connectivity index (χ1) is 14.2. The highest BCUT2D eigenvalue weighted by molar-refractivity contribution is 6.02. The number of piperidine rings is 1. The highest BCUT2D eigenvalue weighted by Gasteiger charge is 2.23. The first-order valence-corrected chi connectivity index (χ1v) is 10.6. The number of nitrogen functional groups attached to an aromatic ring is 1. The number of hydrogen-bond acceptors (Lipinski definition) is 5. The largest absolute Gasteiger partial charge is 0.495 e. The van der Waals surface area contributed by atoms with E-state index < -0.39 is 0 Å². The van der Waals surface area contributed by atoms with Crippen molar-refractivity contribution in [2.24, 2.45) is 0 Å². The van der Waals surface area contributed by atoms with Crippen molar-refractivity contribution < 1.29 is 15.0 Å². The highest BCUT2D eigenvalue weighted by Crippen LogP contribution is 2.37. The third kappa shape index (κ3) is 10.4. The summed E-state index contributed by atoms with van der Waals surface area (Å²) in [6, 6.07) is 4.23. The van der Waals surface area contributed by atoms with E-state index in [1.807, 2.05) is 26.8 Å². The molecule has 1 aromatic rings. The first kappa shape index (κ1) is 30.7. The molecular weight excluding hydrogens is 392 g/mol. The Morgan fingerprint density at radius 2 is 1.77 bits per heavy atom. The molecule has 178 valence electrons. The maximum atomic E-state index is 11.7. The molecule has 0 saturated carbocycles. The standard InChI is InChI=1S/C17H26N4O2.C5H10.C2H6.H2O/c1-5-17(22)19-14-10-13(18)16(23-4)11-15(14)21-8-6-12(7-9-21)20(2)3;1-4-5(2)3;1-2;/h5,10-12H,1,6-9,18H2,2-4H3,(H,19,22);4H,1-3H3;1-2H3;1H2. The summed E-state index contributed by atoms with van der Waals surface area (Å²) in [5.41, 5.74) is 9.49. The molecule has 0 atom stereocenters. The Hall–Kier alpha value is -2.51. The second-order valence-electron chi connectivity index (χ2n) is 7.35. The smallest absolute Gasteiger partial charge is 0.247 e. The van der Waals surface area contributed by atoms with Crippen molar-refractivity contribution in [2.75, 3.05) is 50.2 Å². The van der Waals surface area contributed by atoms with Crippen LogP contribution in [-0.2, 0) is 4.79 Å². The van der Waals surface area contributed by atoms with Gasteiger partial charge in [0.05, 0.1) is 24.2 Å². The minimum Gasteiger partial charge on any atom is -0.495 e. The topological polar surface area (TPSA) is 102 Å². The van der Waals surface area contributed by atoms with E-state index in [1.165, 1.54) is 11.6 Å². The number of nitrogens with one attached hydrogen (secondary N) is 1. The van der Waals surface area contributed by atoms with Crippen LogP contribution in [0.1, 0.15) is 47.5 Å². The van der Waals surface area contributed by atoms with Crippen LogP contribution >= 0.6 is 0 Å². The molecule has 1 aliphatic rings. The SMILES string of the molecule is C=CC(=O)Nc1cc(N)c(OC)cc1N1CCC(N(C)C)CC1.CC.CC=C(C)C.O. The summed E-state index contributed by atoms with van der Waals surface area (Å²) in [7, 11) is 5.82. The number of rotatable bonds is 5. The fourth-order valence-corrected chi connectivity index (χ4v) is 2.93. The molecule has 1 aliphatic heterocycles. The van der Waals surface area contributed by atoms with E-state index >= 15 is 0 Å². The lowest BCUT2D eigenvalue weighted by molar-refractivity contribution is -0.111. The van der Waals surface area contributed by atoms with Crippen molar-refractivity contribution in [3.8, 4) is 5.75 Å². The monoisotopic (exact) mass is 436 g/mol. The van der Waals surface area contributed by atoms with Crippen molar-refractivity contribution in [3.05, 3.63) is 36.4 Å². The summed E-state index contributed by atoms with van der Waals surface area (Å²) in [4.78, 5) is 16.2. The van der Waals surface area contributed by atoms with Gasteiger partial charge in [0, 0.05) is 25.2 Å². The number of amides is 1. The zero-order valence-electron chi connectivity index (χ0n) is 20.7. The molecule has 0 radical (unpaired) electrons. The molecule has 5 N–H and O–H groups in total. The lowest BCUT2D eigenvalue weighted by atomic mass is 10.0. The summed E-state index contributed by atoms with van der Waals surface area (Å²) < 4.78 is 5.33. The van der Waals surface area contributed by atoms with E-state index in [1.54, 1.807) is 13.2 Å². The molecule has 0 spiro atoms. The van der Waals surface area contributed by atoms with Crippen molar-refractivity contribution in [1.82, 2.24) is 4.90 Å². The summed E-state index contributed by atoms with van der Waals surface area (Å²) in [5, 5.41) is 2.84. The van der Waals surface area contributed by atoms with Gasteiger partial charge in [-0.1, -0.05) is 32.1 Å². The number of allylic oxidation sites excluding steroid dienone is 2. The molecule has 1 aromatic carbocycles. The zero-order chi connectivity index (χ0) is 23.3.